The molecule has 0 aliphatic rings. The summed E-state index contributed by atoms with van der Waals surface area (Å²) in [6.07, 6.45) is 4.39. The van der Waals surface area contributed by atoms with Crippen LogP contribution in [0.2, 0.25) is 0 Å². The molecule has 0 saturated heterocycles. The summed E-state index contributed by atoms with van der Waals surface area (Å²) in [5.74, 6) is 0. The second-order valence-electron chi connectivity index (χ2n) is 3.43. The smallest absolute Gasteiger partial charge is 0.0580 e. The van der Waals surface area contributed by atoms with Crippen LogP contribution in [0.4, 0.5) is 0 Å². The maximum Gasteiger partial charge on any atom is 0.0580 e. The minimum atomic E-state index is -0.00222. The summed E-state index contributed by atoms with van der Waals surface area (Å²) in [6.45, 7) is 5.15. The Hall–Kier alpha value is 0.350. The van der Waals surface area contributed by atoms with Gasteiger partial charge in [0.25, 0.3) is 0 Å². The Morgan fingerprint density at radius 3 is 2.42 bits per heavy atom. The van der Waals surface area contributed by atoms with Crippen molar-refractivity contribution in [2.45, 2.75) is 39.5 Å². The van der Waals surface area contributed by atoms with Crippen molar-refractivity contribution in [3.8, 4) is 0 Å². The summed E-state index contributed by atoms with van der Waals surface area (Å²) in [4.78, 5) is 0. The quantitative estimate of drug-likeness (QED) is 0.627. The van der Waals surface area contributed by atoms with Gasteiger partial charge in [-0.25, -0.2) is 0 Å². The topological polar surface area (TPSA) is 29.5 Å². The van der Waals surface area contributed by atoms with Crippen molar-refractivity contribution in [1.29, 1.82) is 0 Å². The highest BCUT2D eigenvalue weighted by atomic mass is 31.0. The molecule has 0 bridgehead atoms. The molecule has 12 heavy (non-hydrogen) atoms. The van der Waals surface area contributed by atoms with E-state index in [4.69, 9.17) is 4.52 Å². The van der Waals surface area contributed by atoms with Crippen LogP contribution in [-0.4, -0.2) is 18.3 Å². The first kappa shape index (κ1) is 12.3. The normalized spacial score (nSPS) is 16.0. The molecule has 2 atom stereocenters. The third kappa shape index (κ3) is 3.84. The fraction of sp³-hybridized carbons (Fsp3) is 1.00. The number of aliphatic hydroxyl groups excluding tert-OH is 1. The van der Waals surface area contributed by atoms with Crippen LogP contribution in [0.25, 0.3) is 0 Å². The number of aliphatic hydroxyl groups is 1. The molecule has 3 heteroatoms. The number of rotatable bonds is 7. The van der Waals surface area contributed by atoms with Crippen molar-refractivity contribution in [3.05, 3.63) is 0 Å². The highest BCUT2D eigenvalue weighted by Crippen LogP contribution is 2.29. The SMILES string of the molecule is CCCCC(CC)(CO)COP. The standard InChI is InChI=1S/C9H21O2P/c1-3-5-6-9(4-2,7-10)8-11-12/h10H,3-8,12H2,1-2H3. The van der Waals surface area contributed by atoms with Crippen LogP contribution in [0.5, 0.6) is 0 Å². The first-order valence-corrected chi connectivity index (χ1v) is 5.14. The molecule has 0 radical (unpaired) electrons. The van der Waals surface area contributed by atoms with E-state index in [0.29, 0.717) is 6.61 Å². The first-order chi connectivity index (χ1) is 5.74. The lowest BCUT2D eigenvalue weighted by Crippen LogP contribution is -2.29. The van der Waals surface area contributed by atoms with Gasteiger partial charge < -0.3 is 9.63 Å². The molecule has 0 aliphatic carbocycles. The van der Waals surface area contributed by atoms with Gasteiger partial charge in [-0.05, 0) is 12.8 Å². The van der Waals surface area contributed by atoms with E-state index in [9.17, 15) is 5.11 Å². The molecule has 0 aromatic carbocycles. The molecule has 0 spiro atoms. The zero-order valence-electron chi connectivity index (χ0n) is 8.18. The van der Waals surface area contributed by atoms with Crippen LogP contribution in [0.15, 0.2) is 0 Å². The van der Waals surface area contributed by atoms with E-state index in [2.05, 4.69) is 23.3 Å². The molecular weight excluding hydrogens is 171 g/mol. The molecule has 0 aromatic rings. The van der Waals surface area contributed by atoms with Gasteiger partial charge >= 0.3 is 0 Å². The molecule has 1 N–H and O–H groups in total. The maximum atomic E-state index is 9.25. The van der Waals surface area contributed by atoms with Crippen LogP contribution in [-0.2, 0) is 4.52 Å². The van der Waals surface area contributed by atoms with Crippen molar-refractivity contribution in [2.75, 3.05) is 13.2 Å². The average Bonchev–Trinajstić information content (AvgIpc) is 2.13. The fourth-order valence-electron chi connectivity index (χ4n) is 1.32. The molecular formula is C9H21O2P. The van der Waals surface area contributed by atoms with E-state index in [1.165, 1.54) is 12.8 Å². The summed E-state index contributed by atoms with van der Waals surface area (Å²) in [5.41, 5.74) is -0.00222. The van der Waals surface area contributed by atoms with Crippen molar-refractivity contribution in [2.24, 2.45) is 5.41 Å². The lowest BCUT2D eigenvalue weighted by molar-refractivity contribution is 0.0605. The Kier molecular flexibility index (Phi) is 7.02. The van der Waals surface area contributed by atoms with Crippen LogP contribution in [0, 0.1) is 5.41 Å². The molecule has 0 fully saturated rings. The van der Waals surface area contributed by atoms with Crippen LogP contribution in [0.1, 0.15) is 39.5 Å². The van der Waals surface area contributed by atoms with Gasteiger partial charge in [0, 0.05) is 14.9 Å². The fourth-order valence-corrected chi connectivity index (χ4v) is 1.67. The van der Waals surface area contributed by atoms with Crippen LogP contribution < -0.4 is 0 Å². The number of unbranched alkanes of at least 4 members (excludes halogenated alkanes) is 1. The third-order valence-corrected chi connectivity index (χ3v) is 2.70. The van der Waals surface area contributed by atoms with E-state index < -0.39 is 0 Å². The molecule has 0 heterocycles. The Labute approximate surface area is 78.0 Å². The van der Waals surface area contributed by atoms with Gasteiger partial charge in [0.1, 0.15) is 0 Å². The third-order valence-electron chi connectivity index (χ3n) is 2.54. The highest BCUT2D eigenvalue weighted by Gasteiger charge is 2.26. The Balaban J connectivity index is 3.95. The van der Waals surface area contributed by atoms with E-state index in [0.717, 1.165) is 12.8 Å². The minimum absolute atomic E-state index is 0.00222. The molecule has 0 amide bonds. The van der Waals surface area contributed by atoms with Gasteiger partial charge in [-0.15, -0.1) is 0 Å². The predicted molar refractivity (Wildman–Crippen MR) is 55.0 cm³/mol. The molecule has 74 valence electrons. The van der Waals surface area contributed by atoms with Gasteiger partial charge in [0.15, 0.2) is 0 Å². The van der Waals surface area contributed by atoms with Gasteiger partial charge in [0.2, 0.25) is 0 Å². The van der Waals surface area contributed by atoms with Gasteiger partial charge in [0.05, 0.1) is 13.2 Å². The molecule has 0 saturated carbocycles. The maximum absolute atomic E-state index is 9.25. The zero-order valence-corrected chi connectivity index (χ0v) is 9.33. The largest absolute Gasteiger partial charge is 0.396 e. The lowest BCUT2D eigenvalue weighted by atomic mass is 9.82. The van der Waals surface area contributed by atoms with Gasteiger partial charge in [-0.2, -0.15) is 0 Å². The summed E-state index contributed by atoms with van der Waals surface area (Å²) < 4.78 is 5.04. The summed E-state index contributed by atoms with van der Waals surface area (Å²) >= 11 is 0. The molecule has 0 aromatic heterocycles. The summed E-state index contributed by atoms with van der Waals surface area (Å²) in [6, 6.07) is 0. The Morgan fingerprint density at radius 1 is 1.42 bits per heavy atom. The van der Waals surface area contributed by atoms with Crippen molar-refractivity contribution in [1.82, 2.24) is 0 Å². The van der Waals surface area contributed by atoms with Gasteiger partial charge in [-0.3, -0.25) is 0 Å². The second-order valence-corrected chi connectivity index (χ2v) is 3.76. The zero-order chi connectivity index (χ0) is 9.45. The van der Waals surface area contributed by atoms with E-state index in [1.54, 1.807) is 0 Å². The van der Waals surface area contributed by atoms with E-state index in [-0.39, 0.29) is 12.0 Å². The average molecular weight is 192 g/mol. The first-order valence-electron chi connectivity index (χ1n) is 4.67. The molecule has 0 rings (SSSR count). The van der Waals surface area contributed by atoms with Crippen molar-refractivity contribution < 1.29 is 9.63 Å². The van der Waals surface area contributed by atoms with E-state index >= 15 is 0 Å². The second kappa shape index (κ2) is 6.82. The highest BCUT2D eigenvalue weighted by molar-refractivity contribution is 7.09. The minimum Gasteiger partial charge on any atom is -0.396 e. The Morgan fingerprint density at radius 2 is 2.08 bits per heavy atom. The Bertz CT molecular complexity index is 103. The number of hydrogen-bond acceptors (Lipinski definition) is 2. The molecule has 2 unspecified atom stereocenters. The van der Waals surface area contributed by atoms with Crippen LogP contribution >= 0.6 is 9.47 Å². The monoisotopic (exact) mass is 192 g/mol. The van der Waals surface area contributed by atoms with E-state index in [1.807, 2.05) is 0 Å². The molecule has 0 aliphatic heterocycles. The van der Waals surface area contributed by atoms with Gasteiger partial charge in [-0.1, -0.05) is 26.7 Å². The summed E-state index contributed by atoms with van der Waals surface area (Å²) in [7, 11) is 2.25. The number of hydrogen-bond donors (Lipinski definition) is 1. The molecule has 2 nitrogen and oxygen atoms in total. The van der Waals surface area contributed by atoms with Crippen LogP contribution in [0.3, 0.4) is 0 Å². The summed E-state index contributed by atoms with van der Waals surface area (Å²) in [5, 5.41) is 9.25. The van der Waals surface area contributed by atoms with Crippen molar-refractivity contribution >= 4 is 9.47 Å². The lowest BCUT2D eigenvalue weighted by Gasteiger charge is -2.29. The predicted octanol–water partition coefficient (Wildman–Crippen LogP) is 2.37. The van der Waals surface area contributed by atoms with Crippen molar-refractivity contribution in [3.63, 3.8) is 0 Å².